The van der Waals surface area contributed by atoms with Crippen molar-refractivity contribution >= 4 is 5.78 Å². The molecule has 0 radical (unpaired) electrons. The van der Waals surface area contributed by atoms with Gasteiger partial charge in [-0.1, -0.05) is 27.2 Å². The summed E-state index contributed by atoms with van der Waals surface area (Å²) in [6.07, 6.45) is 5.31. The lowest BCUT2D eigenvalue weighted by Crippen LogP contribution is -2.18. The number of ether oxygens (including phenoxy) is 1. The zero-order valence-electron chi connectivity index (χ0n) is 13.6. The van der Waals surface area contributed by atoms with Crippen LogP contribution in [-0.4, -0.2) is 12.9 Å². The maximum atomic E-state index is 12.5. The van der Waals surface area contributed by atoms with Gasteiger partial charge in [-0.2, -0.15) is 0 Å². The smallest absolute Gasteiger partial charge is 0.166 e. The molecule has 1 aliphatic carbocycles. The van der Waals surface area contributed by atoms with Gasteiger partial charge in [-0.15, -0.1) is 0 Å². The van der Waals surface area contributed by atoms with E-state index in [1.54, 1.807) is 7.11 Å². The van der Waals surface area contributed by atoms with Crippen molar-refractivity contribution in [1.29, 1.82) is 0 Å². The number of rotatable bonds is 2. The van der Waals surface area contributed by atoms with Crippen molar-refractivity contribution in [2.75, 3.05) is 7.11 Å². The molecule has 1 aromatic rings. The van der Waals surface area contributed by atoms with Gasteiger partial charge in [-0.05, 0) is 55.9 Å². The van der Waals surface area contributed by atoms with E-state index in [9.17, 15) is 4.79 Å². The van der Waals surface area contributed by atoms with Gasteiger partial charge in [0.05, 0.1) is 7.11 Å². The second kappa shape index (κ2) is 8.08. The number of aryl methyl sites for hydroxylation is 2. The zero-order chi connectivity index (χ0) is 15.1. The van der Waals surface area contributed by atoms with Gasteiger partial charge in [0.25, 0.3) is 0 Å². The number of hydrogen-bond acceptors (Lipinski definition) is 2. The molecule has 0 aromatic heterocycles. The van der Waals surface area contributed by atoms with Crippen LogP contribution < -0.4 is 4.74 Å². The number of hydrogen-bond donors (Lipinski definition) is 0. The van der Waals surface area contributed by atoms with E-state index >= 15 is 0 Å². The molecule has 1 unspecified atom stereocenters. The van der Waals surface area contributed by atoms with E-state index in [0.29, 0.717) is 5.78 Å². The molecular formula is C18H28O2. The topological polar surface area (TPSA) is 26.3 Å². The summed E-state index contributed by atoms with van der Waals surface area (Å²) in [7, 11) is 1.69. The summed E-state index contributed by atoms with van der Waals surface area (Å²) < 4.78 is 5.36. The van der Waals surface area contributed by atoms with Crippen LogP contribution >= 0.6 is 0 Å². The van der Waals surface area contributed by atoms with E-state index in [-0.39, 0.29) is 5.92 Å². The van der Waals surface area contributed by atoms with Gasteiger partial charge in [0.15, 0.2) is 5.78 Å². The molecule has 2 rings (SSSR count). The number of Topliss-reactive ketones (excluding diaryl/α,β-unsaturated/α-hetero) is 1. The Balaban J connectivity index is 0.000000956. The summed E-state index contributed by atoms with van der Waals surface area (Å²) in [5, 5.41) is 0. The largest absolute Gasteiger partial charge is 0.496 e. The molecule has 0 fully saturated rings. The van der Waals surface area contributed by atoms with E-state index in [2.05, 4.69) is 13.0 Å². The van der Waals surface area contributed by atoms with Gasteiger partial charge in [-0.3, -0.25) is 4.79 Å². The Labute approximate surface area is 123 Å². The lowest BCUT2D eigenvalue weighted by Gasteiger charge is -2.21. The molecule has 0 spiro atoms. The number of benzene rings is 1. The van der Waals surface area contributed by atoms with Gasteiger partial charge in [0.2, 0.25) is 0 Å². The van der Waals surface area contributed by atoms with E-state index in [0.717, 1.165) is 42.6 Å². The number of carbonyl (C=O) groups excluding carboxylic acids is 1. The molecule has 2 nitrogen and oxygen atoms in total. The van der Waals surface area contributed by atoms with Crippen LogP contribution in [0.3, 0.4) is 0 Å². The lowest BCUT2D eigenvalue weighted by molar-refractivity contribution is 0.0904. The first-order chi connectivity index (χ1) is 9.67. The maximum absolute atomic E-state index is 12.5. The minimum Gasteiger partial charge on any atom is -0.496 e. The van der Waals surface area contributed by atoms with Gasteiger partial charge in [-0.25, -0.2) is 0 Å². The fourth-order valence-electron chi connectivity index (χ4n) is 2.83. The second-order valence-electron chi connectivity index (χ2n) is 5.19. The van der Waals surface area contributed by atoms with Crippen LogP contribution in [-0.2, 0) is 6.42 Å². The highest BCUT2D eigenvalue weighted by Gasteiger charge is 2.23. The molecule has 112 valence electrons. The standard InChI is InChI=1S/C16H22O2.C2H6/c1-4-12-7-5-6-8-13-10-15(18-3)11(2)9-14(13)16(12)17;1-2/h9-10,12H,4-8H2,1-3H3;1-2H3. The van der Waals surface area contributed by atoms with Gasteiger partial charge in [0, 0.05) is 11.5 Å². The van der Waals surface area contributed by atoms with Crippen molar-refractivity contribution in [3.05, 3.63) is 28.8 Å². The summed E-state index contributed by atoms with van der Waals surface area (Å²) in [6, 6.07) is 4.07. The van der Waals surface area contributed by atoms with Crippen molar-refractivity contribution in [2.45, 2.75) is 59.8 Å². The minimum atomic E-state index is 0.205. The first-order valence-electron chi connectivity index (χ1n) is 7.89. The predicted molar refractivity (Wildman–Crippen MR) is 84.7 cm³/mol. The quantitative estimate of drug-likeness (QED) is 0.762. The first-order valence-corrected chi connectivity index (χ1v) is 7.89. The molecule has 0 saturated heterocycles. The van der Waals surface area contributed by atoms with Crippen molar-refractivity contribution < 1.29 is 9.53 Å². The molecular weight excluding hydrogens is 248 g/mol. The minimum absolute atomic E-state index is 0.205. The number of ketones is 1. The van der Waals surface area contributed by atoms with Crippen molar-refractivity contribution in [3.8, 4) is 5.75 Å². The van der Waals surface area contributed by atoms with Crippen LogP contribution in [0.25, 0.3) is 0 Å². The third-order valence-electron chi connectivity index (χ3n) is 4.00. The van der Waals surface area contributed by atoms with Gasteiger partial charge in [0.1, 0.15) is 5.75 Å². The van der Waals surface area contributed by atoms with Gasteiger partial charge >= 0.3 is 0 Å². The Hall–Kier alpha value is -1.31. The number of carbonyl (C=O) groups is 1. The molecule has 1 atom stereocenters. The highest BCUT2D eigenvalue weighted by molar-refractivity contribution is 5.99. The Morgan fingerprint density at radius 3 is 2.55 bits per heavy atom. The highest BCUT2D eigenvalue weighted by atomic mass is 16.5. The van der Waals surface area contributed by atoms with E-state index in [1.807, 2.05) is 26.8 Å². The average molecular weight is 276 g/mol. The molecule has 0 N–H and O–H groups in total. The monoisotopic (exact) mass is 276 g/mol. The molecule has 0 aliphatic heterocycles. The Bertz CT molecular complexity index is 449. The molecule has 1 aliphatic rings. The molecule has 0 saturated carbocycles. The fourth-order valence-corrected chi connectivity index (χ4v) is 2.83. The third kappa shape index (κ3) is 3.62. The molecule has 20 heavy (non-hydrogen) atoms. The average Bonchev–Trinajstić information content (AvgIpc) is 2.48. The molecule has 1 aromatic carbocycles. The Morgan fingerprint density at radius 2 is 1.95 bits per heavy atom. The van der Waals surface area contributed by atoms with Crippen LogP contribution in [0.15, 0.2) is 12.1 Å². The summed E-state index contributed by atoms with van der Waals surface area (Å²) in [5.74, 6) is 1.44. The Morgan fingerprint density at radius 1 is 1.25 bits per heavy atom. The molecule has 0 amide bonds. The van der Waals surface area contributed by atoms with Crippen LogP contribution in [0.2, 0.25) is 0 Å². The predicted octanol–water partition coefficient (Wildman–Crippen LogP) is 4.97. The maximum Gasteiger partial charge on any atom is 0.166 e. The normalized spacial score (nSPS) is 18.2. The van der Waals surface area contributed by atoms with Crippen LogP contribution in [0, 0.1) is 12.8 Å². The van der Waals surface area contributed by atoms with E-state index in [4.69, 9.17) is 4.74 Å². The van der Waals surface area contributed by atoms with E-state index < -0.39 is 0 Å². The van der Waals surface area contributed by atoms with Crippen molar-refractivity contribution in [3.63, 3.8) is 0 Å². The number of fused-ring (bicyclic) bond motifs is 1. The number of methoxy groups -OCH3 is 1. The van der Waals surface area contributed by atoms with Crippen molar-refractivity contribution in [1.82, 2.24) is 0 Å². The highest BCUT2D eigenvalue weighted by Crippen LogP contribution is 2.30. The van der Waals surface area contributed by atoms with Crippen LogP contribution in [0.4, 0.5) is 0 Å². The first kappa shape index (κ1) is 16.7. The second-order valence-corrected chi connectivity index (χ2v) is 5.19. The third-order valence-corrected chi connectivity index (χ3v) is 4.00. The van der Waals surface area contributed by atoms with Crippen LogP contribution in [0.1, 0.15) is 67.9 Å². The lowest BCUT2D eigenvalue weighted by atomic mass is 9.83. The fraction of sp³-hybridized carbons (Fsp3) is 0.611. The van der Waals surface area contributed by atoms with Gasteiger partial charge < -0.3 is 4.74 Å². The molecule has 0 heterocycles. The van der Waals surface area contributed by atoms with E-state index in [1.165, 1.54) is 12.0 Å². The SMILES string of the molecule is CC.CCC1CCCCc2cc(OC)c(C)cc2C1=O. The summed E-state index contributed by atoms with van der Waals surface area (Å²) in [4.78, 5) is 12.5. The zero-order valence-corrected chi connectivity index (χ0v) is 13.6. The Kier molecular flexibility index (Phi) is 6.77. The summed E-state index contributed by atoms with van der Waals surface area (Å²) >= 11 is 0. The summed E-state index contributed by atoms with van der Waals surface area (Å²) in [6.45, 7) is 8.12. The van der Waals surface area contributed by atoms with Crippen molar-refractivity contribution in [2.24, 2.45) is 5.92 Å². The van der Waals surface area contributed by atoms with Crippen LogP contribution in [0.5, 0.6) is 5.75 Å². The molecule has 2 heteroatoms. The molecule has 0 bridgehead atoms. The summed E-state index contributed by atoms with van der Waals surface area (Å²) in [5.41, 5.74) is 3.15.